The van der Waals surface area contributed by atoms with Crippen LogP contribution in [-0.2, 0) is 47.6 Å². The minimum Gasteiger partial charge on any atom is -0.457 e. The van der Waals surface area contributed by atoms with Crippen LogP contribution in [0.2, 0.25) is 0 Å². The van der Waals surface area contributed by atoms with Crippen LogP contribution in [0.1, 0.15) is 91.6 Å². The van der Waals surface area contributed by atoms with Gasteiger partial charge < -0.3 is 38.2 Å². The van der Waals surface area contributed by atoms with Crippen molar-refractivity contribution in [1.82, 2.24) is 9.80 Å². The molecule has 2 heterocycles. The molecule has 0 N–H and O–H groups in total. The van der Waals surface area contributed by atoms with Gasteiger partial charge in [-0.3, -0.25) is 9.59 Å². The zero-order valence-electron chi connectivity index (χ0n) is 36.4. The Hall–Kier alpha value is -6.52. The monoisotopic (exact) mass is 864 g/mol. The van der Waals surface area contributed by atoms with Crippen LogP contribution in [-0.4, -0.2) is 109 Å². The summed E-state index contributed by atoms with van der Waals surface area (Å²) in [5.74, 6) is -3.35. The molecular weight excluding hydrogens is 809 g/mol. The van der Waals surface area contributed by atoms with Crippen LogP contribution < -0.4 is 0 Å². The highest BCUT2D eigenvalue weighted by Crippen LogP contribution is 2.29. The predicted molar refractivity (Wildman–Crippen MR) is 222 cm³/mol. The molecule has 2 amide bonds. The average Bonchev–Trinajstić information content (AvgIpc) is 3.20. The third-order valence-corrected chi connectivity index (χ3v) is 9.19. The van der Waals surface area contributed by atoms with E-state index in [1.54, 1.807) is 102 Å². The van der Waals surface area contributed by atoms with Crippen molar-refractivity contribution >= 4 is 36.1 Å². The van der Waals surface area contributed by atoms with E-state index in [-0.39, 0.29) is 38.0 Å². The van der Waals surface area contributed by atoms with E-state index in [4.69, 9.17) is 39.5 Å². The van der Waals surface area contributed by atoms with Gasteiger partial charge in [-0.15, -0.1) is 0 Å². The second-order valence-electron chi connectivity index (χ2n) is 16.5. The Labute approximate surface area is 360 Å². The van der Waals surface area contributed by atoms with Crippen LogP contribution in [0.5, 0.6) is 0 Å². The highest BCUT2D eigenvalue weighted by molar-refractivity contribution is 5.81. The molecule has 336 valence electrons. The summed E-state index contributed by atoms with van der Waals surface area (Å²) in [7, 11) is 0. The summed E-state index contributed by atoms with van der Waals surface area (Å²) in [5.41, 5.74) is 17.0. The lowest BCUT2D eigenvalue weighted by Crippen LogP contribution is -2.50. The molecule has 2 aromatic rings. The summed E-state index contributed by atoms with van der Waals surface area (Å²) in [6.45, 7) is 14.1. The van der Waals surface area contributed by atoms with Crippen molar-refractivity contribution in [3.8, 4) is 0 Å². The lowest BCUT2D eigenvalue weighted by Gasteiger charge is -2.38. The van der Waals surface area contributed by atoms with Gasteiger partial charge >= 0.3 is 36.1 Å². The third kappa shape index (κ3) is 16.9. The van der Waals surface area contributed by atoms with Gasteiger partial charge in [-0.25, -0.2) is 19.2 Å². The predicted octanol–water partition coefficient (Wildman–Crippen LogP) is 7.54. The summed E-state index contributed by atoms with van der Waals surface area (Å²) < 4.78 is 32.6. The highest BCUT2D eigenvalue weighted by Gasteiger charge is 2.39. The molecular formula is C42H56N8O12. The number of esters is 4. The van der Waals surface area contributed by atoms with Crippen molar-refractivity contribution in [2.24, 2.45) is 22.1 Å². The van der Waals surface area contributed by atoms with Crippen molar-refractivity contribution in [2.75, 3.05) is 39.3 Å². The molecule has 0 spiro atoms. The Bertz CT molecular complexity index is 1800. The molecule has 2 fully saturated rings. The molecule has 62 heavy (non-hydrogen) atoms. The van der Waals surface area contributed by atoms with Crippen LogP contribution in [0.15, 0.2) is 70.9 Å². The number of ether oxygens (including phenoxy) is 6. The fraction of sp³-hybridized carbons (Fsp3) is 0.571. The SMILES string of the molecule is CC(=O)O[C@@H](C(=O)OC1CN(C(=O)OC(C)(C)C)CC[C@@H]1CN=[N+]=[N-])c1ccccc1.CC(=O)O[C@@H](C(=O)O[C@@H]1CN(C(=O)OC(C)(C)C)CC[C@H]1CN=[N+]=[N-])c1ccccc1. The number of amides is 2. The number of carbonyl (C=O) groups excluding carboxylic acids is 6. The maximum atomic E-state index is 12.9. The van der Waals surface area contributed by atoms with Gasteiger partial charge in [0.1, 0.15) is 23.4 Å². The first-order valence-corrected chi connectivity index (χ1v) is 20.0. The van der Waals surface area contributed by atoms with E-state index in [2.05, 4.69) is 20.1 Å². The smallest absolute Gasteiger partial charge is 0.410 e. The van der Waals surface area contributed by atoms with Crippen molar-refractivity contribution in [2.45, 2.75) is 104 Å². The van der Waals surface area contributed by atoms with E-state index in [0.717, 1.165) is 0 Å². The topological polar surface area (TPSA) is 262 Å². The zero-order valence-corrected chi connectivity index (χ0v) is 36.4. The number of azide groups is 2. The highest BCUT2D eigenvalue weighted by atomic mass is 16.6. The maximum absolute atomic E-state index is 12.9. The summed E-state index contributed by atoms with van der Waals surface area (Å²) >= 11 is 0. The van der Waals surface area contributed by atoms with Crippen molar-refractivity contribution < 1.29 is 57.2 Å². The number of benzene rings is 2. The minimum absolute atomic E-state index is 0.0772. The van der Waals surface area contributed by atoms with E-state index in [0.29, 0.717) is 37.1 Å². The summed E-state index contributed by atoms with van der Waals surface area (Å²) in [5, 5.41) is 7.21. The van der Waals surface area contributed by atoms with Crippen molar-refractivity contribution in [1.29, 1.82) is 0 Å². The Morgan fingerprint density at radius 3 is 1.26 bits per heavy atom. The molecule has 0 bridgehead atoms. The van der Waals surface area contributed by atoms with Crippen LogP contribution in [0.3, 0.4) is 0 Å². The molecule has 2 saturated heterocycles. The van der Waals surface area contributed by atoms with E-state index in [1.807, 2.05) is 0 Å². The van der Waals surface area contributed by atoms with E-state index in [9.17, 15) is 28.8 Å². The number of rotatable bonds is 12. The molecule has 0 aliphatic carbocycles. The fourth-order valence-electron chi connectivity index (χ4n) is 6.40. The van der Waals surface area contributed by atoms with Gasteiger partial charge in [0.25, 0.3) is 0 Å². The van der Waals surface area contributed by atoms with Gasteiger partial charge in [-0.2, -0.15) is 0 Å². The summed E-state index contributed by atoms with van der Waals surface area (Å²) in [6.07, 6.45) is -4.10. The maximum Gasteiger partial charge on any atom is 0.410 e. The van der Waals surface area contributed by atoms with Crippen molar-refractivity contribution in [3.05, 3.63) is 92.7 Å². The van der Waals surface area contributed by atoms with Gasteiger partial charge in [0.2, 0.25) is 12.2 Å². The number of carbonyl (C=O) groups is 6. The molecule has 0 saturated carbocycles. The third-order valence-electron chi connectivity index (χ3n) is 9.19. The molecule has 1 unspecified atom stereocenters. The van der Waals surface area contributed by atoms with Gasteiger partial charge in [-0.05, 0) is 65.4 Å². The second-order valence-corrected chi connectivity index (χ2v) is 16.5. The number of likely N-dealkylation sites (tertiary alicyclic amines) is 2. The second kappa shape index (κ2) is 23.5. The van der Waals surface area contributed by atoms with Crippen LogP contribution in [0.4, 0.5) is 9.59 Å². The minimum atomic E-state index is -1.24. The first-order valence-electron chi connectivity index (χ1n) is 20.0. The van der Waals surface area contributed by atoms with Crippen molar-refractivity contribution in [3.63, 3.8) is 0 Å². The Morgan fingerprint density at radius 1 is 0.629 bits per heavy atom. The molecule has 4 rings (SSSR count). The Balaban J connectivity index is 0.000000330. The van der Waals surface area contributed by atoms with Gasteiger partial charge in [-0.1, -0.05) is 70.9 Å². The standard InChI is InChI=1S/2C21H28N4O6/c2*1-14(26)29-18(15-8-6-5-7-9-15)19(27)30-17-13-25(20(28)31-21(2,3)4)11-10-16(17)12-23-24-22/h2*5-9,16-18H,10-13H2,1-4H3/t16-,17?,18-;16-,17+,18+/m10/s1. The molecule has 20 heteroatoms. The van der Waals surface area contributed by atoms with Crippen LogP contribution in [0.25, 0.3) is 20.9 Å². The quantitative estimate of drug-likeness (QED) is 0.0659. The normalized spacial score (nSPS) is 19.5. The molecule has 2 aromatic carbocycles. The molecule has 0 aromatic heterocycles. The Morgan fingerprint density at radius 2 is 0.968 bits per heavy atom. The molecule has 2 aliphatic rings. The summed E-state index contributed by atoms with van der Waals surface area (Å²) in [6, 6.07) is 17.0. The first kappa shape index (κ1) is 49.8. The number of nitrogens with zero attached hydrogens (tertiary/aromatic N) is 8. The molecule has 0 radical (unpaired) electrons. The average molecular weight is 865 g/mol. The first-order chi connectivity index (χ1) is 29.2. The van der Waals surface area contributed by atoms with Crippen LogP contribution >= 0.6 is 0 Å². The van der Waals surface area contributed by atoms with E-state index >= 15 is 0 Å². The van der Waals surface area contributed by atoms with Gasteiger partial charge in [0.15, 0.2) is 0 Å². The zero-order chi connectivity index (χ0) is 46.0. The largest absolute Gasteiger partial charge is 0.457 e. The van der Waals surface area contributed by atoms with Gasteiger partial charge in [0.05, 0.1) is 13.1 Å². The fourth-order valence-corrected chi connectivity index (χ4v) is 6.40. The molecule has 2 aliphatic heterocycles. The lowest BCUT2D eigenvalue weighted by molar-refractivity contribution is -0.175. The molecule has 20 nitrogen and oxygen atoms in total. The van der Waals surface area contributed by atoms with Crippen LogP contribution in [0, 0.1) is 11.8 Å². The number of hydrogen-bond acceptors (Lipinski definition) is 14. The number of hydrogen-bond donors (Lipinski definition) is 0. The van der Waals surface area contributed by atoms with E-state index < -0.39 is 71.7 Å². The Kier molecular flexibility index (Phi) is 18.9. The number of piperidine rings is 2. The lowest BCUT2D eigenvalue weighted by atomic mass is 9.94. The summed E-state index contributed by atoms with van der Waals surface area (Å²) in [4.78, 5) is 82.4. The van der Waals surface area contributed by atoms with E-state index in [1.165, 1.54) is 23.6 Å². The molecule has 6 atom stereocenters. The van der Waals surface area contributed by atoms with Gasteiger partial charge in [0, 0.05) is 72.8 Å².